The minimum absolute atomic E-state index is 0.0778. The van der Waals surface area contributed by atoms with Crippen molar-refractivity contribution in [2.75, 3.05) is 0 Å². The Morgan fingerprint density at radius 3 is 2.52 bits per heavy atom. The number of imidazole rings is 1. The van der Waals surface area contributed by atoms with Crippen LogP contribution in [0, 0.1) is 11.6 Å². The zero-order chi connectivity index (χ0) is 20.5. The number of halogens is 2. The first-order valence-electron chi connectivity index (χ1n) is 8.42. The number of carbonyl (C=O) groups is 1. The number of benzene rings is 2. The molecule has 146 valence electrons. The van der Waals surface area contributed by atoms with E-state index in [1.54, 1.807) is 24.7 Å². The Kier molecular flexibility index (Phi) is 4.55. The fraction of sp³-hybridized carbons (Fsp3) is 0.0500. The standard InChI is InChI=1S/C20H13F2N3O4/c21-15-7-14-17(8-16(15)22)25(10-18(19(14)26)29-20(27)28)13-3-1-12(2-4-13)9-24-6-5-23-11-24/h1-8,10-11H,9H2,(H,27,28). The molecule has 7 nitrogen and oxygen atoms in total. The Morgan fingerprint density at radius 2 is 1.86 bits per heavy atom. The van der Waals surface area contributed by atoms with Gasteiger partial charge in [-0.3, -0.25) is 4.79 Å². The number of fused-ring (bicyclic) bond motifs is 1. The van der Waals surface area contributed by atoms with E-state index in [0.29, 0.717) is 12.2 Å². The van der Waals surface area contributed by atoms with E-state index in [0.717, 1.165) is 23.9 Å². The lowest BCUT2D eigenvalue weighted by atomic mass is 10.1. The average molecular weight is 397 g/mol. The predicted octanol–water partition coefficient (Wildman–Crippen LogP) is 3.57. The topological polar surface area (TPSA) is 86.3 Å². The van der Waals surface area contributed by atoms with Gasteiger partial charge in [0.25, 0.3) is 0 Å². The van der Waals surface area contributed by atoms with Crippen LogP contribution in [-0.2, 0) is 6.54 Å². The molecule has 4 rings (SSSR count). The molecule has 29 heavy (non-hydrogen) atoms. The highest BCUT2D eigenvalue weighted by atomic mass is 19.2. The Hall–Kier alpha value is -4.01. The summed E-state index contributed by atoms with van der Waals surface area (Å²) >= 11 is 0. The summed E-state index contributed by atoms with van der Waals surface area (Å²) in [5, 5.41) is 8.67. The van der Waals surface area contributed by atoms with Crippen LogP contribution in [0.25, 0.3) is 16.6 Å². The number of hydrogen-bond acceptors (Lipinski definition) is 4. The number of carboxylic acid groups (broad SMARTS) is 1. The van der Waals surface area contributed by atoms with E-state index in [2.05, 4.69) is 9.72 Å². The average Bonchev–Trinajstić information content (AvgIpc) is 3.19. The molecule has 9 heteroatoms. The molecule has 2 heterocycles. The van der Waals surface area contributed by atoms with Crippen molar-refractivity contribution < 1.29 is 23.4 Å². The van der Waals surface area contributed by atoms with Crippen LogP contribution >= 0.6 is 0 Å². The lowest BCUT2D eigenvalue weighted by Gasteiger charge is -2.14. The molecule has 0 unspecified atom stereocenters. The summed E-state index contributed by atoms with van der Waals surface area (Å²) in [6, 6.07) is 8.67. The predicted molar refractivity (Wildman–Crippen MR) is 99.4 cm³/mol. The molecule has 1 N–H and O–H groups in total. The second kappa shape index (κ2) is 7.19. The molecule has 0 amide bonds. The second-order valence-electron chi connectivity index (χ2n) is 6.25. The molecule has 0 saturated heterocycles. The van der Waals surface area contributed by atoms with E-state index >= 15 is 0 Å². The maximum atomic E-state index is 13.8. The SMILES string of the molecule is O=C(O)Oc1cn(-c2ccc(Cn3ccnc3)cc2)c2cc(F)c(F)cc2c1=O. The van der Waals surface area contributed by atoms with Crippen molar-refractivity contribution in [3.63, 3.8) is 0 Å². The van der Waals surface area contributed by atoms with Crippen molar-refractivity contribution in [1.29, 1.82) is 0 Å². The molecule has 0 aliphatic carbocycles. The Bertz CT molecular complexity index is 1270. The lowest BCUT2D eigenvalue weighted by molar-refractivity contribution is 0.144. The van der Waals surface area contributed by atoms with Crippen molar-refractivity contribution in [3.05, 3.63) is 88.7 Å². The smallest absolute Gasteiger partial charge is 0.449 e. The van der Waals surface area contributed by atoms with E-state index in [4.69, 9.17) is 5.11 Å². The molecule has 0 aliphatic rings. The van der Waals surface area contributed by atoms with Gasteiger partial charge in [-0.05, 0) is 23.8 Å². The third-order valence-electron chi connectivity index (χ3n) is 4.35. The van der Waals surface area contributed by atoms with Crippen LogP contribution in [0.1, 0.15) is 5.56 Å². The number of nitrogens with zero attached hydrogens (tertiary/aromatic N) is 3. The molecule has 0 saturated carbocycles. The van der Waals surface area contributed by atoms with Gasteiger partial charge in [-0.1, -0.05) is 12.1 Å². The highest BCUT2D eigenvalue weighted by molar-refractivity contribution is 5.82. The molecule has 0 bridgehead atoms. The zero-order valence-corrected chi connectivity index (χ0v) is 14.8. The van der Waals surface area contributed by atoms with Crippen molar-refractivity contribution in [2.45, 2.75) is 6.54 Å². The van der Waals surface area contributed by atoms with E-state index < -0.39 is 29.0 Å². The molecule has 0 aliphatic heterocycles. The molecular weight excluding hydrogens is 384 g/mol. The molecule has 2 aromatic carbocycles. The van der Waals surface area contributed by atoms with E-state index in [-0.39, 0.29) is 10.9 Å². The first-order chi connectivity index (χ1) is 13.9. The van der Waals surface area contributed by atoms with Gasteiger partial charge < -0.3 is 19.0 Å². The summed E-state index contributed by atoms with van der Waals surface area (Å²) in [4.78, 5) is 27.3. The Morgan fingerprint density at radius 1 is 1.14 bits per heavy atom. The summed E-state index contributed by atoms with van der Waals surface area (Å²) in [5.41, 5.74) is 0.685. The van der Waals surface area contributed by atoms with Crippen LogP contribution < -0.4 is 10.2 Å². The summed E-state index contributed by atoms with van der Waals surface area (Å²) in [5.74, 6) is -2.86. The van der Waals surface area contributed by atoms with Crippen LogP contribution in [-0.4, -0.2) is 25.4 Å². The minimum atomic E-state index is -1.69. The van der Waals surface area contributed by atoms with Gasteiger partial charge in [-0.2, -0.15) is 0 Å². The highest BCUT2D eigenvalue weighted by Gasteiger charge is 2.17. The minimum Gasteiger partial charge on any atom is -0.449 e. The molecule has 0 spiro atoms. The quantitative estimate of drug-likeness (QED) is 0.532. The molecule has 2 aromatic heterocycles. The largest absolute Gasteiger partial charge is 0.511 e. The number of pyridine rings is 1. The highest BCUT2D eigenvalue weighted by Crippen LogP contribution is 2.23. The van der Waals surface area contributed by atoms with Gasteiger partial charge in [0.15, 0.2) is 17.4 Å². The molecule has 0 atom stereocenters. The van der Waals surface area contributed by atoms with Crippen LogP contribution in [0.3, 0.4) is 0 Å². The number of hydrogen-bond donors (Lipinski definition) is 1. The van der Waals surface area contributed by atoms with Crippen LogP contribution in [0.5, 0.6) is 5.75 Å². The fourth-order valence-corrected chi connectivity index (χ4v) is 3.03. The third-order valence-corrected chi connectivity index (χ3v) is 4.35. The van der Waals surface area contributed by atoms with Gasteiger partial charge in [0.2, 0.25) is 5.43 Å². The fourth-order valence-electron chi connectivity index (χ4n) is 3.03. The second-order valence-corrected chi connectivity index (χ2v) is 6.25. The summed E-state index contributed by atoms with van der Waals surface area (Å²) < 4.78 is 35.3. The maximum Gasteiger partial charge on any atom is 0.511 e. The summed E-state index contributed by atoms with van der Waals surface area (Å²) in [7, 11) is 0. The number of ether oxygens (including phenoxy) is 1. The van der Waals surface area contributed by atoms with Crippen molar-refractivity contribution in [1.82, 2.24) is 14.1 Å². The van der Waals surface area contributed by atoms with Crippen LogP contribution in [0.2, 0.25) is 0 Å². The maximum absolute atomic E-state index is 13.8. The Balaban J connectivity index is 1.85. The normalized spacial score (nSPS) is 11.0. The van der Waals surface area contributed by atoms with Gasteiger partial charge in [0.1, 0.15) is 0 Å². The molecule has 0 fully saturated rings. The molecular formula is C20H13F2N3O4. The van der Waals surface area contributed by atoms with Crippen LogP contribution in [0.4, 0.5) is 13.6 Å². The van der Waals surface area contributed by atoms with Gasteiger partial charge in [0.05, 0.1) is 23.4 Å². The van der Waals surface area contributed by atoms with Gasteiger partial charge >= 0.3 is 6.16 Å². The van der Waals surface area contributed by atoms with Gasteiger partial charge in [-0.15, -0.1) is 0 Å². The lowest BCUT2D eigenvalue weighted by Crippen LogP contribution is -2.16. The molecule has 4 aromatic rings. The van der Waals surface area contributed by atoms with Crippen molar-refractivity contribution >= 4 is 17.1 Å². The first-order valence-corrected chi connectivity index (χ1v) is 8.42. The van der Waals surface area contributed by atoms with Crippen molar-refractivity contribution in [3.8, 4) is 11.4 Å². The van der Waals surface area contributed by atoms with E-state index in [9.17, 15) is 18.4 Å². The van der Waals surface area contributed by atoms with Crippen molar-refractivity contribution in [2.24, 2.45) is 0 Å². The number of rotatable bonds is 4. The Labute approximate surface area is 162 Å². The summed E-state index contributed by atoms with van der Waals surface area (Å²) in [6.07, 6.45) is 4.61. The number of aromatic nitrogens is 3. The van der Waals surface area contributed by atoms with Gasteiger partial charge in [-0.25, -0.2) is 18.6 Å². The first kappa shape index (κ1) is 18.4. The molecule has 0 radical (unpaired) electrons. The zero-order valence-electron chi connectivity index (χ0n) is 14.8. The van der Waals surface area contributed by atoms with E-state index in [1.165, 1.54) is 4.57 Å². The van der Waals surface area contributed by atoms with Crippen LogP contribution in [0.15, 0.2) is 66.1 Å². The monoisotopic (exact) mass is 397 g/mol. The summed E-state index contributed by atoms with van der Waals surface area (Å²) in [6.45, 7) is 0.582. The van der Waals surface area contributed by atoms with Gasteiger partial charge in [0, 0.05) is 30.7 Å². The van der Waals surface area contributed by atoms with E-state index in [1.807, 2.05) is 22.9 Å². The third kappa shape index (κ3) is 3.57.